The Morgan fingerprint density at radius 2 is 2.08 bits per heavy atom. The Kier molecular flexibility index (Phi) is 5.02. The molecule has 6 nitrogen and oxygen atoms in total. The molecule has 2 aromatic rings. The number of fused-ring (bicyclic) bond motifs is 1. The van der Waals surface area contributed by atoms with E-state index in [9.17, 15) is 9.59 Å². The number of aryl methyl sites for hydroxylation is 1. The highest BCUT2D eigenvalue weighted by Gasteiger charge is 2.34. The van der Waals surface area contributed by atoms with Crippen molar-refractivity contribution < 1.29 is 4.79 Å². The summed E-state index contributed by atoms with van der Waals surface area (Å²) >= 11 is 0. The van der Waals surface area contributed by atoms with Gasteiger partial charge >= 0.3 is 0 Å². The quantitative estimate of drug-likeness (QED) is 0.823. The minimum Gasteiger partial charge on any atom is -0.356 e. The number of hydrogen-bond acceptors (Lipinski definition) is 4. The van der Waals surface area contributed by atoms with Gasteiger partial charge in [0.25, 0.3) is 5.56 Å². The van der Waals surface area contributed by atoms with Gasteiger partial charge in [0.2, 0.25) is 5.91 Å². The van der Waals surface area contributed by atoms with Gasteiger partial charge in [0.1, 0.15) is 0 Å². The first-order valence-corrected chi connectivity index (χ1v) is 9.65. The highest BCUT2D eigenvalue weighted by molar-refractivity contribution is 5.77. The normalized spacial score (nSPS) is 20.5. The van der Waals surface area contributed by atoms with Crippen molar-refractivity contribution in [2.45, 2.75) is 44.7 Å². The summed E-state index contributed by atoms with van der Waals surface area (Å²) in [6, 6.07) is 8.17. The molecule has 1 aliphatic heterocycles. The summed E-state index contributed by atoms with van der Waals surface area (Å²) in [5, 5.41) is 3.69. The highest BCUT2D eigenvalue weighted by Crippen LogP contribution is 2.31. The number of amides is 1. The molecule has 4 rings (SSSR count). The third-order valence-electron chi connectivity index (χ3n) is 5.50. The second kappa shape index (κ2) is 7.58. The zero-order valence-corrected chi connectivity index (χ0v) is 15.1. The van der Waals surface area contributed by atoms with E-state index in [1.54, 1.807) is 17.0 Å². The Morgan fingerprint density at radius 3 is 2.92 bits per heavy atom. The molecule has 1 N–H and O–H groups in total. The van der Waals surface area contributed by atoms with E-state index in [-0.39, 0.29) is 11.5 Å². The lowest BCUT2D eigenvalue weighted by atomic mass is 10.1. The van der Waals surface area contributed by atoms with Gasteiger partial charge in [-0.25, -0.2) is 4.98 Å². The molecule has 1 saturated heterocycles. The van der Waals surface area contributed by atoms with Crippen LogP contribution in [0.25, 0.3) is 10.9 Å². The van der Waals surface area contributed by atoms with Crippen molar-refractivity contribution in [3.8, 4) is 0 Å². The van der Waals surface area contributed by atoms with Crippen molar-refractivity contribution in [2.24, 2.45) is 5.92 Å². The standard InChI is InChI=1S/C20H26N4O2/c25-19(21-12-15-9-11-23(13-15)16-7-8-16)6-3-10-24-14-22-18-5-2-1-4-17(18)20(24)26/h1-2,4-5,14-16H,3,6-13H2,(H,21,25). The second-order valence-corrected chi connectivity index (χ2v) is 7.55. The monoisotopic (exact) mass is 354 g/mol. The van der Waals surface area contributed by atoms with Gasteiger partial charge in [0.15, 0.2) is 0 Å². The predicted molar refractivity (Wildman–Crippen MR) is 101 cm³/mol. The molecule has 1 aromatic heterocycles. The molecule has 26 heavy (non-hydrogen) atoms. The molecule has 2 heterocycles. The second-order valence-electron chi connectivity index (χ2n) is 7.55. The number of carbonyl (C=O) groups is 1. The lowest BCUT2D eigenvalue weighted by molar-refractivity contribution is -0.121. The van der Waals surface area contributed by atoms with E-state index in [4.69, 9.17) is 0 Å². The summed E-state index contributed by atoms with van der Waals surface area (Å²) in [5.74, 6) is 0.670. The maximum absolute atomic E-state index is 12.4. The number of hydrogen-bond donors (Lipinski definition) is 1. The molecule has 1 atom stereocenters. The largest absolute Gasteiger partial charge is 0.356 e. The fourth-order valence-corrected chi connectivity index (χ4v) is 3.82. The van der Waals surface area contributed by atoms with Gasteiger partial charge in [-0.05, 0) is 50.3 Å². The van der Waals surface area contributed by atoms with Crippen LogP contribution >= 0.6 is 0 Å². The number of carbonyl (C=O) groups excluding carboxylic acids is 1. The Labute approximate surface area is 153 Å². The van der Waals surface area contributed by atoms with Crippen molar-refractivity contribution in [1.29, 1.82) is 0 Å². The van der Waals surface area contributed by atoms with E-state index in [0.717, 1.165) is 19.1 Å². The molecule has 2 aliphatic rings. The van der Waals surface area contributed by atoms with E-state index in [1.807, 2.05) is 18.2 Å². The third kappa shape index (κ3) is 3.96. The van der Waals surface area contributed by atoms with Gasteiger partial charge in [-0.2, -0.15) is 0 Å². The fraction of sp³-hybridized carbons (Fsp3) is 0.550. The molecule has 1 saturated carbocycles. The molecule has 1 amide bonds. The molecular weight excluding hydrogens is 328 g/mol. The number of nitrogens with one attached hydrogen (secondary N) is 1. The summed E-state index contributed by atoms with van der Waals surface area (Å²) in [4.78, 5) is 31.4. The lowest BCUT2D eigenvalue weighted by Gasteiger charge is -2.15. The van der Waals surface area contributed by atoms with Gasteiger partial charge in [-0.1, -0.05) is 12.1 Å². The van der Waals surface area contributed by atoms with Crippen molar-refractivity contribution >= 4 is 16.8 Å². The highest BCUT2D eigenvalue weighted by atomic mass is 16.1. The molecule has 1 unspecified atom stereocenters. The molecule has 0 bridgehead atoms. The van der Waals surface area contributed by atoms with E-state index in [1.165, 1.54) is 25.8 Å². The molecule has 138 valence electrons. The average molecular weight is 354 g/mol. The van der Waals surface area contributed by atoms with Crippen molar-refractivity contribution in [2.75, 3.05) is 19.6 Å². The van der Waals surface area contributed by atoms with Crippen LogP contribution in [0.4, 0.5) is 0 Å². The number of aromatic nitrogens is 2. The maximum Gasteiger partial charge on any atom is 0.261 e. The molecule has 0 spiro atoms. The van der Waals surface area contributed by atoms with E-state index >= 15 is 0 Å². The molecule has 1 aromatic carbocycles. The number of likely N-dealkylation sites (tertiary alicyclic amines) is 1. The SMILES string of the molecule is O=C(CCCn1cnc2ccccc2c1=O)NCC1CCN(C2CC2)C1. The topological polar surface area (TPSA) is 67.2 Å². The Bertz CT molecular complexity index is 843. The van der Waals surface area contributed by atoms with E-state index in [2.05, 4.69) is 15.2 Å². The van der Waals surface area contributed by atoms with E-state index in [0.29, 0.717) is 36.2 Å². The van der Waals surface area contributed by atoms with Crippen LogP contribution in [-0.4, -0.2) is 46.0 Å². The summed E-state index contributed by atoms with van der Waals surface area (Å²) in [7, 11) is 0. The lowest BCUT2D eigenvalue weighted by Crippen LogP contribution is -2.31. The molecule has 6 heteroatoms. The van der Waals surface area contributed by atoms with Crippen LogP contribution in [-0.2, 0) is 11.3 Å². The Balaban J connectivity index is 1.21. The first-order chi connectivity index (χ1) is 12.7. The zero-order valence-electron chi connectivity index (χ0n) is 15.1. The number of para-hydroxylation sites is 1. The van der Waals surface area contributed by atoms with Crippen LogP contribution in [0.3, 0.4) is 0 Å². The van der Waals surface area contributed by atoms with Crippen molar-refractivity contribution in [1.82, 2.24) is 19.8 Å². The summed E-state index contributed by atoms with van der Waals surface area (Å²) in [6.07, 6.45) is 6.55. The van der Waals surface area contributed by atoms with Crippen LogP contribution in [0.2, 0.25) is 0 Å². The molecule has 2 fully saturated rings. The Morgan fingerprint density at radius 1 is 1.23 bits per heavy atom. The van der Waals surface area contributed by atoms with Gasteiger partial charge in [0, 0.05) is 32.1 Å². The Hall–Kier alpha value is -2.21. The predicted octanol–water partition coefficient (Wildman–Crippen LogP) is 1.78. The first kappa shape index (κ1) is 17.2. The number of benzene rings is 1. The molecule has 0 radical (unpaired) electrons. The van der Waals surface area contributed by atoms with Gasteiger partial charge in [0.05, 0.1) is 17.2 Å². The fourth-order valence-electron chi connectivity index (χ4n) is 3.82. The minimum atomic E-state index is -0.0397. The number of rotatable bonds is 7. The van der Waals surface area contributed by atoms with Crippen LogP contribution in [0.15, 0.2) is 35.4 Å². The third-order valence-corrected chi connectivity index (χ3v) is 5.50. The summed E-state index contributed by atoms with van der Waals surface area (Å²) in [5.41, 5.74) is 0.672. The molecular formula is C20H26N4O2. The summed E-state index contributed by atoms with van der Waals surface area (Å²) < 4.78 is 1.60. The first-order valence-electron chi connectivity index (χ1n) is 9.65. The van der Waals surface area contributed by atoms with Crippen LogP contribution in [0.5, 0.6) is 0 Å². The van der Waals surface area contributed by atoms with Gasteiger partial charge in [-0.15, -0.1) is 0 Å². The zero-order chi connectivity index (χ0) is 17.9. The smallest absolute Gasteiger partial charge is 0.261 e. The number of nitrogens with zero attached hydrogens (tertiary/aromatic N) is 3. The molecule has 1 aliphatic carbocycles. The average Bonchev–Trinajstić information content (AvgIpc) is 3.40. The van der Waals surface area contributed by atoms with Gasteiger partial charge in [-0.3, -0.25) is 14.2 Å². The van der Waals surface area contributed by atoms with Gasteiger partial charge < -0.3 is 10.2 Å². The minimum absolute atomic E-state index is 0.0397. The van der Waals surface area contributed by atoms with E-state index < -0.39 is 0 Å². The maximum atomic E-state index is 12.4. The van der Waals surface area contributed by atoms with Crippen LogP contribution < -0.4 is 10.9 Å². The van der Waals surface area contributed by atoms with Crippen molar-refractivity contribution in [3.63, 3.8) is 0 Å². The van der Waals surface area contributed by atoms with Crippen LogP contribution in [0, 0.1) is 5.92 Å². The van der Waals surface area contributed by atoms with Crippen LogP contribution in [0.1, 0.15) is 32.1 Å². The summed E-state index contributed by atoms with van der Waals surface area (Å²) in [6.45, 7) is 3.61. The van der Waals surface area contributed by atoms with Crippen molar-refractivity contribution in [3.05, 3.63) is 40.9 Å².